The molecule has 0 aromatic heterocycles. The van der Waals surface area contributed by atoms with Gasteiger partial charge in [0.2, 0.25) is 0 Å². The Bertz CT molecular complexity index is 1250. The number of nitro benzene ring substituents is 1. The molecule has 0 aliphatic rings. The SMILES string of the molecule is Cl.Nc1ccc(Cl)cc1.O=C(O)c1ccc([N+](=O)[O-])cc1.O=C(OOC(=O)c1ccccc1)c1ccccc1. The number of carboxylic acids is 1. The number of rotatable bonds is 4. The van der Waals surface area contributed by atoms with Gasteiger partial charge in [-0.25, -0.2) is 24.2 Å². The van der Waals surface area contributed by atoms with E-state index >= 15 is 0 Å². The molecule has 39 heavy (non-hydrogen) atoms. The normalized spacial score (nSPS) is 9.15. The predicted octanol–water partition coefficient (Wildman–Crippen LogP) is 6.25. The Morgan fingerprint density at radius 3 is 1.44 bits per heavy atom. The minimum atomic E-state index is -1.09. The van der Waals surface area contributed by atoms with Crippen molar-refractivity contribution >= 4 is 53.3 Å². The number of aromatic carboxylic acids is 1. The minimum Gasteiger partial charge on any atom is -0.478 e. The van der Waals surface area contributed by atoms with E-state index in [1.54, 1.807) is 84.9 Å². The fraction of sp³-hybridized carbons (Fsp3) is 0. The first-order valence-corrected chi connectivity index (χ1v) is 11.1. The molecule has 4 aromatic carbocycles. The summed E-state index contributed by atoms with van der Waals surface area (Å²) < 4.78 is 0. The first-order chi connectivity index (χ1) is 18.2. The third kappa shape index (κ3) is 11.8. The third-order valence-electron chi connectivity index (χ3n) is 4.41. The Kier molecular flexibility index (Phi) is 13.8. The van der Waals surface area contributed by atoms with Crippen LogP contribution in [0, 0.1) is 10.1 Å². The number of halogens is 2. The second-order valence-corrected chi connectivity index (χ2v) is 7.57. The lowest BCUT2D eigenvalue weighted by atomic mass is 10.2. The van der Waals surface area contributed by atoms with Crippen molar-refractivity contribution in [1.29, 1.82) is 0 Å². The van der Waals surface area contributed by atoms with Crippen LogP contribution in [0.4, 0.5) is 11.4 Å². The summed E-state index contributed by atoms with van der Waals surface area (Å²) in [5, 5.41) is 19.3. The van der Waals surface area contributed by atoms with Gasteiger partial charge in [-0.15, -0.1) is 12.4 Å². The van der Waals surface area contributed by atoms with Crippen LogP contribution in [0.15, 0.2) is 109 Å². The molecule has 0 unspecified atom stereocenters. The summed E-state index contributed by atoms with van der Waals surface area (Å²) in [5.41, 5.74) is 6.68. The smallest absolute Gasteiger partial charge is 0.386 e. The van der Waals surface area contributed by atoms with Crippen molar-refractivity contribution in [2.45, 2.75) is 0 Å². The summed E-state index contributed by atoms with van der Waals surface area (Å²) in [6, 6.07) is 28.3. The number of hydrogen-bond donors (Lipinski definition) is 2. The monoisotopic (exact) mass is 572 g/mol. The lowest BCUT2D eigenvalue weighted by Gasteiger charge is -2.02. The Balaban J connectivity index is 0.000000313. The van der Waals surface area contributed by atoms with Gasteiger partial charge in [0.25, 0.3) is 5.69 Å². The van der Waals surface area contributed by atoms with Crippen molar-refractivity contribution in [3.8, 4) is 0 Å². The standard InChI is InChI=1S/C14H10O4.C7H5NO4.C6H6ClN.ClH/c15-13(11-7-3-1-4-8-11)17-18-14(16)12-9-5-2-6-10-12;9-7(10)5-1-3-6(4-2-5)8(11)12;7-5-1-3-6(8)4-2-5;/h1-10H;1-4H,(H,9,10);1-4H,8H2;1H. The van der Waals surface area contributed by atoms with E-state index in [1.165, 1.54) is 12.1 Å². The van der Waals surface area contributed by atoms with E-state index in [2.05, 4.69) is 9.78 Å². The Labute approximate surface area is 234 Å². The van der Waals surface area contributed by atoms with Gasteiger partial charge >= 0.3 is 17.9 Å². The molecular weight excluding hydrogens is 551 g/mol. The van der Waals surface area contributed by atoms with Gasteiger partial charge in [-0.2, -0.15) is 0 Å². The van der Waals surface area contributed by atoms with Crippen LogP contribution in [-0.4, -0.2) is 27.9 Å². The van der Waals surface area contributed by atoms with Crippen molar-refractivity contribution in [3.05, 3.63) is 141 Å². The zero-order chi connectivity index (χ0) is 27.9. The van der Waals surface area contributed by atoms with Crippen molar-refractivity contribution in [2.24, 2.45) is 0 Å². The summed E-state index contributed by atoms with van der Waals surface area (Å²) in [4.78, 5) is 51.7. The number of nitrogen functional groups attached to an aromatic ring is 1. The first-order valence-electron chi connectivity index (χ1n) is 10.7. The van der Waals surface area contributed by atoms with Gasteiger partial charge in [-0.3, -0.25) is 10.1 Å². The van der Waals surface area contributed by atoms with Crippen LogP contribution >= 0.6 is 24.0 Å². The second-order valence-electron chi connectivity index (χ2n) is 7.13. The van der Waals surface area contributed by atoms with Crippen LogP contribution in [0.3, 0.4) is 0 Å². The van der Waals surface area contributed by atoms with Gasteiger partial charge < -0.3 is 10.8 Å². The molecule has 4 aromatic rings. The number of nitrogens with zero attached hydrogens (tertiary/aromatic N) is 1. The molecule has 202 valence electrons. The highest BCUT2D eigenvalue weighted by atomic mass is 35.5. The van der Waals surface area contributed by atoms with Crippen LogP contribution in [0.2, 0.25) is 5.02 Å². The molecular formula is C27H22Cl2N2O8. The molecule has 0 radical (unpaired) electrons. The third-order valence-corrected chi connectivity index (χ3v) is 4.66. The van der Waals surface area contributed by atoms with Gasteiger partial charge in [-0.05, 0) is 60.7 Å². The van der Waals surface area contributed by atoms with E-state index in [1.807, 2.05) is 0 Å². The van der Waals surface area contributed by atoms with E-state index < -0.39 is 22.8 Å². The maximum Gasteiger partial charge on any atom is 0.386 e. The number of carbonyl (C=O) groups excluding carboxylic acids is 2. The zero-order valence-electron chi connectivity index (χ0n) is 20.0. The number of carbonyl (C=O) groups is 3. The van der Waals surface area contributed by atoms with E-state index in [9.17, 15) is 24.5 Å². The summed E-state index contributed by atoms with van der Waals surface area (Å²) >= 11 is 5.56. The fourth-order valence-electron chi connectivity index (χ4n) is 2.51. The molecule has 10 nitrogen and oxygen atoms in total. The van der Waals surface area contributed by atoms with Crippen LogP contribution in [0.5, 0.6) is 0 Å². The highest BCUT2D eigenvalue weighted by Crippen LogP contribution is 2.11. The van der Waals surface area contributed by atoms with Crippen LogP contribution in [-0.2, 0) is 9.78 Å². The maximum atomic E-state index is 11.5. The predicted molar refractivity (Wildman–Crippen MR) is 147 cm³/mol. The maximum absolute atomic E-state index is 11.5. The van der Waals surface area contributed by atoms with E-state index in [4.69, 9.17) is 22.4 Å². The topological polar surface area (TPSA) is 159 Å². The highest BCUT2D eigenvalue weighted by molar-refractivity contribution is 6.30. The largest absolute Gasteiger partial charge is 0.478 e. The van der Waals surface area contributed by atoms with Gasteiger partial charge in [0.05, 0.1) is 21.6 Å². The van der Waals surface area contributed by atoms with Gasteiger partial charge in [0.1, 0.15) is 0 Å². The molecule has 3 N–H and O–H groups in total. The molecule has 0 aliphatic heterocycles. The molecule has 4 rings (SSSR count). The molecule has 0 spiro atoms. The lowest BCUT2D eigenvalue weighted by Crippen LogP contribution is -2.11. The molecule has 0 fully saturated rings. The number of carboxylic acid groups (broad SMARTS) is 1. The zero-order valence-corrected chi connectivity index (χ0v) is 21.6. The Hall–Kier alpha value is -4.93. The van der Waals surface area contributed by atoms with Crippen LogP contribution in [0.25, 0.3) is 0 Å². The molecule has 0 heterocycles. The summed E-state index contributed by atoms with van der Waals surface area (Å²) in [6.45, 7) is 0. The van der Waals surface area contributed by atoms with Gasteiger partial charge in [0.15, 0.2) is 0 Å². The molecule has 0 aliphatic carbocycles. The molecule has 0 amide bonds. The quantitative estimate of drug-likeness (QED) is 0.124. The lowest BCUT2D eigenvalue weighted by molar-refractivity contribution is -0.384. The van der Waals surface area contributed by atoms with Crippen LogP contribution < -0.4 is 5.73 Å². The molecule has 0 saturated heterocycles. The Morgan fingerprint density at radius 2 is 1.10 bits per heavy atom. The van der Waals surface area contributed by atoms with E-state index in [-0.39, 0.29) is 23.7 Å². The number of benzene rings is 4. The van der Waals surface area contributed by atoms with Gasteiger partial charge in [-0.1, -0.05) is 48.0 Å². The van der Waals surface area contributed by atoms with Crippen LogP contribution in [0.1, 0.15) is 31.1 Å². The van der Waals surface area contributed by atoms with Crippen molar-refractivity contribution < 1.29 is 34.2 Å². The molecule has 0 bridgehead atoms. The van der Waals surface area contributed by atoms with Gasteiger partial charge in [0, 0.05) is 22.8 Å². The fourth-order valence-corrected chi connectivity index (χ4v) is 2.63. The average molecular weight is 573 g/mol. The molecule has 12 heteroatoms. The first kappa shape index (κ1) is 32.1. The number of nitrogens with two attached hydrogens (primary N) is 1. The summed E-state index contributed by atoms with van der Waals surface area (Å²) in [6.07, 6.45) is 0. The molecule has 0 atom stereocenters. The molecule has 0 saturated carbocycles. The summed E-state index contributed by atoms with van der Waals surface area (Å²) in [7, 11) is 0. The van der Waals surface area contributed by atoms with Crippen molar-refractivity contribution in [2.75, 3.05) is 5.73 Å². The number of nitro groups is 1. The second kappa shape index (κ2) is 16.7. The average Bonchev–Trinajstić information content (AvgIpc) is 2.94. The van der Waals surface area contributed by atoms with E-state index in [0.29, 0.717) is 11.1 Å². The number of hydrogen-bond acceptors (Lipinski definition) is 8. The minimum absolute atomic E-state index is 0. The number of non-ortho nitro benzene ring substituents is 1. The highest BCUT2D eigenvalue weighted by Gasteiger charge is 2.13. The Morgan fingerprint density at radius 1 is 0.692 bits per heavy atom. The summed E-state index contributed by atoms with van der Waals surface area (Å²) in [5.74, 6) is -2.51. The van der Waals surface area contributed by atoms with E-state index in [0.717, 1.165) is 22.8 Å². The number of anilines is 1. The van der Waals surface area contributed by atoms with Crippen molar-refractivity contribution in [1.82, 2.24) is 0 Å². The van der Waals surface area contributed by atoms with Crippen molar-refractivity contribution in [3.63, 3.8) is 0 Å².